The molecule has 0 heterocycles. The van der Waals surface area contributed by atoms with Gasteiger partial charge in [-0.3, -0.25) is 4.79 Å². The molecule has 0 aliphatic rings. The van der Waals surface area contributed by atoms with Gasteiger partial charge in [-0.05, 0) is 37.3 Å². The number of rotatable bonds is 8. The van der Waals surface area contributed by atoms with Gasteiger partial charge in [0.15, 0.2) is 6.61 Å². The minimum absolute atomic E-state index is 0.0262. The molecule has 0 bridgehead atoms. The molecule has 0 aliphatic carbocycles. The maximum absolute atomic E-state index is 11.6. The van der Waals surface area contributed by atoms with Gasteiger partial charge < -0.3 is 15.2 Å². The first-order valence-electron chi connectivity index (χ1n) is 7.17. The van der Waals surface area contributed by atoms with Crippen LogP contribution < -0.4 is 10.1 Å². The van der Waals surface area contributed by atoms with Crippen molar-refractivity contribution < 1.29 is 14.6 Å². The van der Waals surface area contributed by atoms with E-state index in [2.05, 4.69) is 19.2 Å². The number of hydrogen-bond donors (Lipinski definition) is 2. The van der Waals surface area contributed by atoms with Crippen molar-refractivity contribution in [2.45, 2.75) is 45.6 Å². The average molecular weight is 279 g/mol. The molecule has 1 atom stereocenters. The van der Waals surface area contributed by atoms with Crippen molar-refractivity contribution in [2.24, 2.45) is 0 Å². The number of nitrogens with one attached hydrogen (secondary N) is 1. The molecule has 1 aromatic rings. The minimum atomic E-state index is -0.318. The van der Waals surface area contributed by atoms with E-state index in [-0.39, 0.29) is 18.6 Å². The molecule has 1 aromatic carbocycles. The summed E-state index contributed by atoms with van der Waals surface area (Å²) in [5.41, 5.74) is 1.11. The van der Waals surface area contributed by atoms with Crippen LogP contribution in [0, 0.1) is 0 Å². The van der Waals surface area contributed by atoms with E-state index in [1.165, 1.54) is 0 Å². The number of carbonyl (C=O) groups is 1. The van der Waals surface area contributed by atoms with Gasteiger partial charge in [-0.1, -0.05) is 32.0 Å². The van der Waals surface area contributed by atoms with Crippen LogP contribution in [-0.4, -0.2) is 30.3 Å². The first-order valence-corrected chi connectivity index (χ1v) is 7.17. The fourth-order valence-corrected chi connectivity index (χ4v) is 1.91. The molecular weight excluding hydrogens is 254 g/mol. The first kappa shape index (κ1) is 16.5. The zero-order valence-electron chi connectivity index (χ0n) is 12.6. The van der Waals surface area contributed by atoms with Crippen LogP contribution in [0.4, 0.5) is 0 Å². The molecule has 0 spiro atoms. The van der Waals surface area contributed by atoms with Crippen molar-refractivity contribution in [2.75, 3.05) is 13.2 Å². The Kier molecular flexibility index (Phi) is 7.09. The quantitative estimate of drug-likeness (QED) is 0.719. The lowest BCUT2D eigenvalue weighted by molar-refractivity contribution is -0.123. The molecule has 0 fully saturated rings. The average Bonchev–Trinajstić information content (AvgIpc) is 2.41. The van der Waals surface area contributed by atoms with E-state index in [1.807, 2.05) is 24.3 Å². The van der Waals surface area contributed by atoms with Crippen LogP contribution in [0.3, 0.4) is 0 Å². The van der Waals surface area contributed by atoms with Gasteiger partial charge in [-0.2, -0.15) is 0 Å². The fraction of sp³-hybridized carbons (Fsp3) is 0.562. The van der Waals surface area contributed by atoms with Crippen LogP contribution in [0.15, 0.2) is 24.3 Å². The monoisotopic (exact) mass is 279 g/mol. The highest BCUT2D eigenvalue weighted by molar-refractivity contribution is 5.77. The summed E-state index contributed by atoms with van der Waals surface area (Å²) >= 11 is 0. The van der Waals surface area contributed by atoms with Gasteiger partial charge in [0.25, 0.3) is 5.91 Å². The Morgan fingerprint density at radius 2 is 2.00 bits per heavy atom. The molecule has 2 N–H and O–H groups in total. The molecule has 0 saturated carbocycles. The molecule has 1 rings (SSSR count). The normalized spacial score (nSPS) is 12.2. The summed E-state index contributed by atoms with van der Waals surface area (Å²) in [6, 6.07) is 7.77. The van der Waals surface area contributed by atoms with Crippen LogP contribution in [-0.2, 0) is 4.79 Å². The van der Waals surface area contributed by atoms with Gasteiger partial charge in [-0.15, -0.1) is 0 Å². The van der Waals surface area contributed by atoms with E-state index in [9.17, 15) is 4.79 Å². The third-order valence-electron chi connectivity index (χ3n) is 3.02. The van der Waals surface area contributed by atoms with Crippen molar-refractivity contribution in [1.29, 1.82) is 0 Å². The summed E-state index contributed by atoms with van der Waals surface area (Å²) in [6.45, 7) is 6.53. The summed E-state index contributed by atoms with van der Waals surface area (Å²) < 4.78 is 5.58. The van der Waals surface area contributed by atoms with E-state index < -0.39 is 0 Å². The van der Waals surface area contributed by atoms with Crippen molar-refractivity contribution >= 4 is 5.91 Å². The number of aliphatic hydroxyl groups excluding tert-OH is 1. The Morgan fingerprint density at radius 3 is 2.65 bits per heavy atom. The lowest BCUT2D eigenvalue weighted by Gasteiger charge is -2.13. The minimum Gasteiger partial charge on any atom is -0.483 e. The van der Waals surface area contributed by atoms with Crippen molar-refractivity contribution in [3.05, 3.63) is 29.8 Å². The predicted molar refractivity (Wildman–Crippen MR) is 80.0 cm³/mol. The van der Waals surface area contributed by atoms with E-state index >= 15 is 0 Å². The SMILES string of the molecule is CC(O)CCCNC(=O)COc1ccccc1C(C)C. The smallest absolute Gasteiger partial charge is 0.257 e. The Bertz CT molecular complexity index is 416. The highest BCUT2D eigenvalue weighted by atomic mass is 16.5. The van der Waals surface area contributed by atoms with Crippen LogP contribution >= 0.6 is 0 Å². The van der Waals surface area contributed by atoms with Gasteiger partial charge >= 0.3 is 0 Å². The van der Waals surface area contributed by atoms with Gasteiger partial charge in [0.1, 0.15) is 5.75 Å². The maximum Gasteiger partial charge on any atom is 0.257 e. The number of ether oxygens (including phenoxy) is 1. The molecule has 0 saturated heterocycles. The lowest BCUT2D eigenvalue weighted by Crippen LogP contribution is -2.30. The van der Waals surface area contributed by atoms with Crippen LogP contribution in [0.5, 0.6) is 5.75 Å². The number of hydrogen-bond acceptors (Lipinski definition) is 3. The van der Waals surface area contributed by atoms with E-state index in [4.69, 9.17) is 9.84 Å². The third-order valence-corrected chi connectivity index (χ3v) is 3.02. The number of benzene rings is 1. The standard InChI is InChI=1S/C16H25NO3/c1-12(2)14-8-4-5-9-15(14)20-11-16(19)17-10-6-7-13(3)18/h4-5,8-9,12-13,18H,6-7,10-11H2,1-3H3,(H,17,19). The number of carbonyl (C=O) groups excluding carboxylic acids is 1. The van der Waals surface area contributed by atoms with Gasteiger partial charge in [-0.25, -0.2) is 0 Å². The number of aliphatic hydroxyl groups is 1. The number of amides is 1. The van der Waals surface area contributed by atoms with E-state index in [0.29, 0.717) is 18.9 Å². The largest absolute Gasteiger partial charge is 0.483 e. The van der Waals surface area contributed by atoms with E-state index in [0.717, 1.165) is 17.7 Å². The summed E-state index contributed by atoms with van der Waals surface area (Å²) in [7, 11) is 0. The van der Waals surface area contributed by atoms with Crippen LogP contribution in [0.2, 0.25) is 0 Å². The topological polar surface area (TPSA) is 58.6 Å². The highest BCUT2D eigenvalue weighted by Gasteiger charge is 2.08. The molecule has 0 aromatic heterocycles. The maximum atomic E-state index is 11.6. The highest BCUT2D eigenvalue weighted by Crippen LogP contribution is 2.25. The molecule has 1 unspecified atom stereocenters. The first-order chi connectivity index (χ1) is 9.50. The van der Waals surface area contributed by atoms with Crippen LogP contribution in [0.1, 0.15) is 45.1 Å². The summed E-state index contributed by atoms with van der Waals surface area (Å²) in [5.74, 6) is 0.996. The summed E-state index contributed by atoms with van der Waals surface area (Å²) in [4.78, 5) is 11.6. The Morgan fingerprint density at radius 1 is 1.30 bits per heavy atom. The number of para-hydroxylation sites is 1. The molecule has 4 heteroatoms. The summed E-state index contributed by atoms with van der Waals surface area (Å²) in [6.07, 6.45) is 1.14. The molecule has 4 nitrogen and oxygen atoms in total. The van der Waals surface area contributed by atoms with Crippen molar-refractivity contribution in [3.8, 4) is 5.75 Å². The Hall–Kier alpha value is -1.55. The third kappa shape index (κ3) is 6.06. The van der Waals surface area contributed by atoms with Gasteiger partial charge in [0, 0.05) is 6.54 Å². The zero-order chi connectivity index (χ0) is 15.0. The van der Waals surface area contributed by atoms with Crippen LogP contribution in [0.25, 0.3) is 0 Å². The summed E-state index contributed by atoms with van der Waals surface area (Å²) in [5, 5.41) is 11.9. The van der Waals surface area contributed by atoms with Gasteiger partial charge in [0.05, 0.1) is 6.10 Å². The van der Waals surface area contributed by atoms with Gasteiger partial charge in [0.2, 0.25) is 0 Å². The van der Waals surface area contributed by atoms with Crippen molar-refractivity contribution in [3.63, 3.8) is 0 Å². The molecule has 112 valence electrons. The predicted octanol–water partition coefficient (Wildman–Crippen LogP) is 2.47. The lowest BCUT2D eigenvalue weighted by atomic mass is 10.0. The van der Waals surface area contributed by atoms with E-state index in [1.54, 1.807) is 6.92 Å². The fourth-order valence-electron chi connectivity index (χ4n) is 1.91. The second-order valence-electron chi connectivity index (χ2n) is 5.32. The molecule has 0 radical (unpaired) electrons. The molecule has 1 amide bonds. The molecular formula is C16H25NO3. The second-order valence-corrected chi connectivity index (χ2v) is 5.32. The Balaban J connectivity index is 2.34. The Labute approximate surface area is 121 Å². The molecule has 0 aliphatic heterocycles. The zero-order valence-corrected chi connectivity index (χ0v) is 12.6. The second kappa shape index (κ2) is 8.59. The van der Waals surface area contributed by atoms with Crippen molar-refractivity contribution in [1.82, 2.24) is 5.32 Å². The molecule has 20 heavy (non-hydrogen) atoms.